The SMILES string of the molecule is NC1CCC(CN2CCC(Oc3ccccc3F)(C(=O)O)CC2)CC1. The largest absolute Gasteiger partial charge is 0.478 e. The zero-order chi connectivity index (χ0) is 17.9. The second-order valence-electron chi connectivity index (χ2n) is 7.41. The van der Waals surface area contributed by atoms with Crippen LogP contribution in [0.15, 0.2) is 24.3 Å². The molecule has 1 saturated heterocycles. The summed E-state index contributed by atoms with van der Waals surface area (Å²) in [5.74, 6) is -0.882. The van der Waals surface area contributed by atoms with Gasteiger partial charge in [-0.2, -0.15) is 0 Å². The molecule has 2 fully saturated rings. The summed E-state index contributed by atoms with van der Waals surface area (Å²) in [4.78, 5) is 14.2. The average Bonchev–Trinajstić information content (AvgIpc) is 2.60. The van der Waals surface area contributed by atoms with Crippen molar-refractivity contribution in [1.82, 2.24) is 4.90 Å². The first-order chi connectivity index (χ1) is 12.0. The van der Waals surface area contributed by atoms with E-state index >= 15 is 0 Å². The number of likely N-dealkylation sites (tertiary alicyclic amines) is 1. The molecule has 1 saturated carbocycles. The van der Waals surface area contributed by atoms with Crippen molar-refractivity contribution >= 4 is 5.97 Å². The molecule has 0 radical (unpaired) electrons. The molecule has 25 heavy (non-hydrogen) atoms. The summed E-state index contributed by atoms with van der Waals surface area (Å²) in [6.07, 6.45) is 5.18. The third-order valence-electron chi connectivity index (χ3n) is 5.60. The molecule has 6 heteroatoms. The van der Waals surface area contributed by atoms with Gasteiger partial charge in [-0.05, 0) is 43.7 Å². The highest BCUT2D eigenvalue weighted by atomic mass is 19.1. The van der Waals surface area contributed by atoms with Crippen molar-refractivity contribution < 1.29 is 19.0 Å². The van der Waals surface area contributed by atoms with Crippen molar-refractivity contribution in [2.45, 2.75) is 50.2 Å². The number of carboxylic acids is 1. The normalized spacial score (nSPS) is 27.0. The Kier molecular flexibility index (Phi) is 5.59. The maximum atomic E-state index is 13.9. The molecule has 1 aliphatic carbocycles. The Morgan fingerprint density at radius 2 is 1.88 bits per heavy atom. The number of rotatable bonds is 5. The summed E-state index contributed by atoms with van der Waals surface area (Å²) in [6.45, 7) is 2.30. The zero-order valence-corrected chi connectivity index (χ0v) is 14.5. The Labute approximate surface area is 147 Å². The van der Waals surface area contributed by atoms with Gasteiger partial charge in [0, 0.05) is 38.5 Å². The summed E-state index contributed by atoms with van der Waals surface area (Å²) in [5.41, 5.74) is 4.62. The van der Waals surface area contributed by atoms with Crippen LogP contribution in [0, 0.1) is 11.7 Å². The zero-order valence-electron chi connectivity index (χ0n) is 14.5. The van der Waals surface area contributed by atoms with Crippen LogP contribution >= 0.6 is 0 Å². The lowest BCUT2D eigenvalue weighted by atomic mass is 9.85. The molecule has 1 heterocycles. The van der Waals surface area contributed by atoms with E-state index in [4.69, 9.17) is 10.5 Å². The first-order valence-corrected chi connectivity index (χ1v) is 9.13. The number of hydrogen-bond acceptors (Lipinski definition) is 4. The number of hydrogen-bond donors (Lipinski definition) is 2. The van der Waals surface area contributed by atoms with Crippen LogP contribution < -0.4 is 10.5 Å². The Bertz CT molecular complexity index is 594. The van der Waals surface area contributed by atoms with E-state index in [-0.39, 0.29) is 5.75 Å². The number of carbonyl (C=O) groups is 1. The third kappa shape index (κ3) is 4.30. The molecule has 0 bridgehead atoms. The molecule has 0 unspecified atom stereocenters. The van der Waals surface area contributed by atoms with Crippen LogP contribution in [-0.2, 0) is 4.79 Å². The summed E-state index contributed by atoms with van der Waals surface area (Å²) < 4.78 is 19.5. The van der Waals surface area contributed by atoms with E-state index in [0.717, 1.165) is 32.2 Å². The van der Waals surface area contributed by atoms with Gasteiger partial charge in [-0.25, -0.2) is 9.18 Å². The average molecular weight is 350 g/mol. The van der Waals surface area contributed by atoms with Crippen LogP contribution in [0.25, 0.3) is 0 Å². The quantitative estimate of drug-likeness (QED) is 0.854. The number of para-hydroxylation sites is 1. The van der Waals surface area contributed by atoms with Gasteiger partial charge in [0.1, 0.15) is 0 Å². The molecule has 0 spiro atoms. The van der Waals surface area contributed by atoms with E-state index in [2.05, 4.69) is 4.90 Å². The minimum Gasteiger partial charge on any atom is -0.478 e. The van der Waals surface area contributed by atoms with Crippen LogP contribution in [0.3, 0.4) is 0 Å². The molecule has 138 valence electrons. The van der Waals surface area contributed by atoms with E-state index < -0.39 is 17.4 Å². The number of benzene rings is 1. The highest BCUT2D eigenvalue weighted by Gasteiger charge is 2.44. The molecule has 3 N–H and O–H groups in total. The lowest BCUT2D eigenvalue weighted by Gasteiger charge is -2.40. The maximum absolute atomic E-state index is 13.9. The maximum Gasteiger partial charge on any atom is 0.348 e. The molecule has 1 aromatic rings. The number of piperidine rings is 1. The van der Waals surface area contributed by atoms with Gasteiger partial charge in [-0.1, -0.05) is 12.1 Å². The van der Waals surface area contributed by atoms with E-state index in [1.807, 2.05) is 0 Å². The fourth-order valence-corrected chi connectivity index (χ4v) is 3.93. The van der Waals surface area contributed by atoms with Gasteiger partial charge in [0.05, 0.1) is 0 Å². The Hall–Kier alpha value is -1.66. The summed E-state index contributed by atoms with van der Waals surface area (Å²) in [6, 6.07) is 6.32. The fourth-order valence-electron chi connectivity index (χ4n) is 3.93. The second kappa shape index (κ2) is 7.70. The number of carboxylic acid groups (broad SMARTS) is 1. The van der Waals surface area contributed by atoms with Gasteiger partial charge < -0.3 is 20.5 Å². The number of aliphatic carboxylic acids is 1. The standard InChI is InChI=1S/C19H27FN2O3/c20-16-3-1-2-4-17(16)25-19(18(23)24)9-11-22(12-10-19)13-14-5-7-15(21)8-6-14/h1-4,14-15H,5-13,21H2,(H,23,24). The molecule has 1 aliphatic heterocycles. The van der Waals surface area contributed by atoms with Crippen molar-refractivity contribution in [3.8, 4) is 5.75 Å². The molecule has 5 nitrogen and oxygen atoms in total. The van der Waals surface area contributed by atoms with Crippen molar-refractivity contribution in [3.63, 3.8) is 0 Å². The highest BCUT2D eigenvalue weighted by Crippen LogP contribution is 2.32. The topological polar surface area (TPSA) is 75.8 Å². The van der Waals surface area contributed by atoms with Gasteiger partial charge in [0.2, 0.25) is 5.60 Å². The Morgan fingerprint density at radius 1 is 1.24 bits per heavy atom. The number of halogens is 1. The predicted molar refractivity (Wildman–Crippen MR) is 93.0 cm³/mol. The summed E-state index contributed by atoms with van der Waals surface area (Å²) in [7, 11) is 0. The Morgan fingerprint density at radius 3 is 2.48 bits per heavy atom. The van der Waals surface area contributed by atoms with Gasteiger partial charge >= 0.3 is 5.97 Å². The summed E-state index contributed by atoms with van der Waals surface area (Å²) >= 11 is 0. The van der Waals surface area contributed by atoms with Crippen molar-refractivity contribution in [3.05, 3.63) is 30.1 Å². The summed E-state index contributed by atoms with van der Waals surface area (Å²) in [5, 5.41) is 9.70. The minimum absolute atomic E-state index is 0.0135. The smallest absolute Gasteiger partial charge is 0.348 e. The lowest BCUT2D eigenvalue weighted by molar-refractivity contribution is -0.160. The van der Waals surface area contributed by atoms with Crippen LogP contribution in [0.2, 0.25) is 0 Å². The molecule has 0 atom stereocenters. The predicted octanol–water partition coefficient (Wildman–Crippen LogP) is 2.64. The minimum atomic E-state index is -1.34. The number of nitrogens with two attached hydrogens (primary N) is 1. The van der Waals surface area contributed by atoms with Crippen molar-refractivity contribution in [2.75, 3.05) is 19.6 Å². The van der Waals surface area contributed by atoms with Gasteiger partial charge in [-0.3, -0.25) is 0 Å². The van der Waals surface area contributed by atoms with Crippen molar-refractivity contribution in [1.29, 1.82) is 0 Å². The highest BCUT2D eigenvalue weighted by molar-refractivity contribution is 5.78. The number of nitrogens with zero attached hydrogens (tertiary/aromatic N) is 1. The molecule has 0 amide bonds. The Balaban J connectivity index is 1.59. The monoisotopic (exact) mass is 350 g/mol. The first kappa shape index (κ1) is 18.1. The van der Waals surface area contributed by atoms with E-state index in [0.29, 0.717) is 37.9 Å². The van der Waals surface area contributed by atoms with Crippen LogP contribution in [0.5, 0.6) is 5.75 Å². The molecular formula is C19H27FN2O3. The molecule has 0 aromatic heterocycles. The number of ether oxygens (including phenoxy) is 1. The first-order valence-electron chi connectivity index (χ1n) is 9.13. The van der Waals surface area contributed by atoms with Gasteiger partial charge in [0.25, 0.3) is 0 Å². The molecule has 3 rings (SSSR count). The molecule has 2 aliphatic rings. The third-order valence-corrected chi connectivity index (χ3v) is 5.60. The van der Waals surface area contributed by atoms with E-state index in [1.165, 1.54) is 12.1 Å². The van der Waals surface area contributed by atoms with Gasteiger partial charge in [-0.15, -0.1) is 0 Å². The van der Waals surface area contributed by atoms with Crippen LogP contribution in [0.4, 0.5) is 4.39 Å². The van der Waals surface area contributed by atoms with E-state index in [9.17, 15) is 14.3 Å². The van der Waals surface area contributed by atoms with Gasteiger partial charge in [0.15, 0.2) is 11.6 Å². The van der Waals surface area contributed by atoms with Crippen molar-refractivity contribution in [2.24, 2.45) is 11.7 Å². The van der Waals surface area contributed by atoms with Crippen LogP contribution in [-0.4, -0.2) is 47.3 Å². The lowest BCUT2D eigenvalue weighted by Crippen LogP contribution is -2.54. The molecular weight excluding hydrogens is 323 g/mol. The second-order valence-corrected chi connectivity index (χ2v) is 7.41. The fraction of sp³-hybridized carbons (Fsp3) is 0.632. The van der Waals surface area contributed by atoms with Crippen LogP contribution in [0.1, 0.15) is 38.5 Å². The molecule has 1 aromatic carbocycles. The van der Waals surface area contributed by atoms with E-state index in [1.54, 1.807) is 12.1 Å².